The first kappa shape index (κ1) is 12.9. The van der Waals surface area contributed by atoms with E-state index in [-0.39, 0.29) is 0 Å². The molecule has 0 aromatic carbocycles. The Kier molecular flexibility index (Phi) is 5.86. The van der Waals surface area contributed by atoms with Gasteiger partial charge in [-0.3, -0.25) is 4.99 Å². The largest absolute Gasteiger partial charge is 0.262 e. The van der Waals surface area contributed by atoms with Gasteiger partial charge in [-0.2, -0.15) is 0 Å². The van der Waals surface area contributed by atoms with Crippen molar-refractivity contribution in [3.8, 4) is 0 Å². The summed E-state index contributed by atoms with van der Waals surface area (Å²) in [5.41, 5.74) is 3.44. The lowest BCUT2D eigenvalue weighted by molar-refractivity contribution is 0.874. The second-order valence-electron chi connectivity index (χ2n) is 3.77. The van der Waals surface area contributed by atoms with E-state index in [2.05, 4.69) is 39.3 Å². The molecule has 0 aliphatic rings. The molecule has 0 bridgehead atoms. The Hall–Kier alpha value is -1.11. The molecule has 0 aliphatic carbocycles. The van der Waals surface area contributed by atoms with E-state index in [1.165, 1.54) is 11.3 Å². The molecule has 14 heavy (non-hydrogen) atoms. The van der Waals surface area contributed by atoms with Gasteiger partial charge in [0.2, 0.25) is 0 Å². The summed E-state index contributed by atoms with van der Waals surface area (Å²) in [6.07, 6.45) is 5.73. The highest BCUT2D eigenvalue weighted by Gasteiger charge is 1.98. The summed E-state index contributed by atoms with van der Waals surface area (Å²) in [6.45, 7) is 14.1. The van der Waals surface area contributed by atoms with Gasteiger partial charge in [0.15, 0.2) is 0 Å². The Morgan fingerprint density at radius 2 is 1.79 bits per heavy atom. The quantitative estimate of drug-likeness (QED) is 0.468. The molecule has 0 radical (unpaired) electrons. The van der Waals surface area contributed by atoms with Crippen molar-refractivity contribution >= 4 is 5.71 Å². The molecule has 78 valence electrons. The molecular weight excluding hydrogens is 170 g/mol. The molecule has 1 heteroatoms. The van der Waals surface area contributed by atoms with Gasteiger partial charge in [0.25, 0.3) is 0 Å². The maximum absolute atomic E-state index is 4.54. The maximum Gasteiger partial charge on any atom is 0.0401 e. The first-order valence-corrected chi connectivity index (χ1v) is 5.00. The Balaban J connectivity index is 4.75. The molecule has 0 aromatic heterocycles. The zero-order valence-corrected chi connectivity index (χ0v) is 9.96. The molecule has 0 fully saturated rings. The zero-order chi connectivity index (χ0) is 11.1. The number of allylic oxidation sites excluding steroid dienone is 5. The fourth-order valence-electron chi connectivity index (χ4n) is 0.815. The molecule has 0 unspecified atom stereocenters. The Morgan fingerprint density at radius 3 is 2.21 bits per heavy atom. The molecule has 0 saturated carbocycles. The van der Waals surface area contributed by atoms with Crippen LogP contribution in [0.3, 0.4) is 0 Å². The van der Waals surface area contributed by atoms with Crippen molar-refractivity contribution in [2.24, 2.45) is 10.9 Å². The number of hydrogen-bond acceptors (Lipinski definition) is 1. The Morgan fingerprint density at radius 1 is 1.21 bits per heavy atom. The smallest absolute Gasteiger partial charge is 0.0401 e. The molecule has 0 rings (SSSR count). The van der Waals surface area contributed by atoms with Crippen LogP contribution < -0.4 is 0 Å². The third kappa shape index (κ3) is 4.80. The van der Waals surface area contributed by atoms with Crippen molar-refractivity contribution in [1.29, 1.82) is 0 Å². The summed E-state index contributed by atoms with van der Waals surface area (Å²) in [5.74, 6) is 0.515. The molecule has 0 atom stereocenters. The minimum atomic E-state index is 0.515. The lowest BCUT2D eigenvalue weighted by Crippen LogP contribution is -2.01. The first-order valence-electron chi connectivity index (χ1n) is 5.00. The van der Waals surface area contributed by atoms with Crippen LogP contribution in [-0.4, -0.2) is 5.71 Å². The summed E-state index contributed by atoms with van der Waals surface area (Å²) in [5, 5.41) is 0. The van der Waals surface area contributed by atoms with E-state index in [0.29, 0.717) is 5.92 Å². The number of aliphatic imine (C=N–C) groups is 1. The van der Waals surface area contributed by atoms with Gasteiger partial charge in [-0.05, 0) is 32.3 Å². The van der Waals surface area contributed by atoms with Crippen molar-refractivity contribution < 1.29 is 0 Å². The summed E-state index contributed by atoms with van der Waals surface area (Å²) < 4.78 is 0. The SMILES string of the molecule is C=C\C=C/C(C)=C(C)/N=C(\C)C(C)C. The molecule has 0 saturated heterocycles. The second-order valence-corrected chi connectivity index (χ2v) is 3.77. The highest BCUT2D eigenvalue weighted by Crippen LogP contribution is 2.09. The molecule has 0 spiro atoms. The van der Waals surface area contributed by atoms with Gasteiger partial charge in [-0.25, -0.2) is 0 Å². The fourth-order valence-corrected chi connectivity index (χ4v) is 0.815. The standard InChI is InChI=1S/C13H21N/c1-7-8-9-11(4)13(6)14-12(5)10(2)3/h7-10H,1H2,2-6H3/b9-8-,13-11+,14-12+. The van der Waals surface area contributed by atoms with Crippen molar-refractivity contribution in [2.75, 3.05) is 0 Å². The molecule has 0 aliphatic heterocycles. The van der Waals surface area contributed by atoms with E-state index in [1.54, 1.807) is 6.08 Å². The lowest BCUT2D eigenvalue weighted by Gasteiger charge is -2.05. The van der Waals surface area contributed by atoms with E-state index >= 15 is 0 Å². The van der Waals surface area contributed by atoms with Crippen molar-refractivity contribution in [2.45, 2.75) is 34.6 Å². The van der Waals surface area contributed by atoms with Gasteiger partial charge in [0.1, 0.15) is 0 Å². The van der Waals surface area contributed by atoms with Crippen LogP contribution >= 0.6 is 0 Å². The molecule has 0 amide bonds. The van der Waals surface area contributed by atoms with Crippen molar-refractivity contribution in [3.05, 3.63) is 36.1 Å². The van der Waals surface area contributed by atoms with Crippen LogP contribution in [0, 0.1) is 5.92 Å². The third-order valence-corrected chi connectivity index (χ3v) is 2.23. The summed E-state index contributed by atoms with van der Waals surface area (Å²) in [4.78, 5) is 4.54. The molecule has 1 nitrogen and oxygen atoms in total. The van der Waals surface area contributed by atoms with Crippen molar-refractivity contribution in [3.63, 3.8) is 0 Å². The van der Waals surface area contributed by atoms with E-state index in [9.17, 15) is 0 Å². The summed E-state index contributed by atoms with van der Waals surface area (Å²) in [6, 6.07) is 0. The molecular formula is C13H21N. The predicted octanol–water partition coefficient (Wildman–Crippen LogP) is 4.14. The molecule has 0 aromatic rings. The van der Waals surface area contributed by atoms with E-state index in [4.69, 9.17) is 0 Å². The van der Waals surface area contributed by atoms with E-state index in [1.807, 2.05) is 19.1 Å². The average Bonchev–Trinajstić information content (AvgIpc) is 2.13. The van der Waals surface area contributed by atoms with Crippen LogP contribution in [0.1, 0.15) is 34.6 Å². The average molecular weight is 191 g/mol. The van der Waals surface area contributed by atoms with E-state index < -0.39 is 0 Å². The number of hydrogen-bond donors (Lipinski definition) is 0. The predicted molar refractivity (Wildman–Crippen MR) is 65.7 cm³/mol. The zero-order valence-electron chi connectivity index (χ0n) is 9.96. The van der Waals surface area contributed by atoms with Gasteiger partial charge in [-0.1, -0.05) is 38.7 Å². The minimum Gasteiger partial charge on any atom is -0.262 e. The van der Waals surface area contributed by atoms with Crippen molar-refractivity contribution in [1.82, 2.24) is 0 Å². The lowest BCUT2D eigenvalue weighted by atomic mass is 10.1. The van der Waals surface area contributed by atoms with E-state index in [0.717, 1.165) is 5.70 Å². The second kappa shape index (κ2) is 6.36. The monoisotopic (exact) mass is 191 g/mol. The van der Waals surface area contributed by atoms with Crippen LogP contribution in [0.2, 0.25) is 0 Å². The Bertz CT molecular complexity index is 278. The van der Waals surface area contributed by atoms with Crippen LogP contribution in [0.4, 0.5) is 0 Å². The minimum absolute atomic E-state index is 0.515. The van der Waals surface area contributed by atoms with Gasteiger partial charge in [-0.15, -0.1) is 0 Å². The molecule has 0 N–H and O–H groups in total. The summed E-state index contributed by atoms with van der Waals surface area (Å²) in [7, 11) is 0. The van der Waals surface area contributed by atoms with Gasteiger partial charge < -0.3 is 0 Å². The molecule has 0 heterocycles. The number of nitrogens with zero attached hydrogens (tertiary/aromatic N) is 1. The van der Waals surface area contributed by atoms with Crippen LogP contribution in [-0.2, 0) is 0 Å². The Labute approximate surface area is 87.9 Å². The highest BCUT2D eigenvalue weighted by atomic mass is 14.7. The van der Waals surface area contributed by atoms with Crippen LogP contribution in [0.15, 0.2) is 41.1 Å². The highest BCUT2D eigenvalue weighted by molar-refractivity contribution is 5.84. The van der Waals surface area contributed by atoms with Crippen LogP contribution in [0.25, 0.3) is 0 Å². The normalized spacial score (nSPS) is 14.9. The summed E-state index contributed by atoms with van der Waals surface area (Å²) >= 11 is 0. The maximum atomic E-state index is 4.54. The van der Waals surface area contributed by atoms with Crippen LogP contribution in [0.5, 0.6) is 0 Å². The fraction of sp³-hybridized carbons (Fsp3) is 0.462. The first-order chi connectivity index (χ1) is 6.49. The van der Waals surface area contributed by atoms with Gasteiger partial charge in [0, 0.05) is 11.4 Å². The van der Waals surface area contributed by atoms with Gasteiger partial charge in [0.05, 0.1) is 0 Å². The van der Waals surface area contributed by atoms with Gasteiger partial charge >= 0.3 is 0 Å². The topological polar surface area (TPSA) is 12.4 Å². The number of rotatable bonds is 4. The third-order valence-electron chi connectivity index (χ3n) is 2.23.